The third-order valence-electron chi connectivity index (χ3n) is 1.15. The lowest BCUT2D eigenvalue weighted by Gasteiger charge is -1.94. The second-order valence-corrected chi connectivity index (χ2v) is 3.60. The zero-order valence-corrected chi connectivity index (χ0v) is 8.90. The molecule has 0 N–H and O–H groups in total. The number of rotatable bonds is 2. The van der Waals surface area contributed by atoms with Crippen molar-refractivity contribution in [3.05, 3.63) is 33.5 Å². The van der Waals surface area contributed by atoms with Gasteiger partial charge in [0.05, 0.1) is 0 Å². The monoisotopic (exact) mass is 248 g/mol. The first-order valence-corrected chi connectivity index (χ1v) is 4.29. The van der Waals surface area contributed by atoms with Gasteiger partial charge in [-0.25, -0.2) is 0 Å². The van der Waals surface area contributed by atoms with Gasteiger partial charge < -0.3 is 0 Å². The molecule has 0 aliphatic heterocycles. The molecule has 0 aliphatic rings. The van der Waals surface area contributed by atoms with Crippen molar-refractivity contribution < 1.29 is 0 Å². The fourth-order valence-electron chi connectivity index (χ4n) is 0.403. The summed E-state index contributed by atoms with van der Waals surface area (Å²) in [5.41, 5.74) is 2.56. The summed E-state index contributed by atoms with van der Waals surface area (Å²) in [5, 5.41) is 0. The molecule has 0 fully saturated rings. The maximum atomic E-state index is 3.68. The molecule has 0 unspecified atom stereocenters. The molecule has 0 radical (unpaired) electrons. The summed E-state index contributed by atoms with van der Waals surface area (Å²) >= 11 is 2.33. The van der Waals surface area contributed by atoms with Gasteiger partial charge in [-0.05, 0) is 49.4 Å². The Morgan fingerprint density at radius 3 is 2.10 bits per heavy atom. The van der Waals surface area contributed by atoms with Gasteiger partial charge in [0.2, 0.25) is 0 Å². The average molecular weight is 248 g/mol. The van der Waals surface area contributed by atoms with E-state index >= 15 is 0 Å². The van der Waals surface area contributed by atoms with Gasteiger partial charge in [0.25, 0.3) is 0 Å². The first-order valence-electron chi connectivity index (χ1n) is 3.21. The van der Waals surface area contributed by atoms with Crippen molar-refractivity contribution in [2.45, 2.75) is 20.8 Å². The lowest BCUT2D eigenvalue weighted by atomic mass is 10.2. The highest BCUT2D eigenvalue weighted by atomic mass is 127. The SMILES string of the molecule is C=C/C(C)=C\C(I)=C(C)C. The fourth-order valence-corrected chi connectivity index (χ4v) is 0.894. The van der Waals surface area contributed by atoms with Gasteiger partial charge in [-0.1, -0.05) is 23.8 Å². The highest BCUT2D eigenvalue weighted by Gasteiger charge is 1.88. The lowest BCUT2D eigenvalue weighted by molar-refractivity contribution is 1.38. The Morgan fingerprint density at radius 2 is 1.80 bits per heavy atom. The van der Waals surface area contributed by atoms with Gasteiger partial charge in [-0.15, -0.1) is 0 Å². The predicted molar refractivity (Wildman–Crippen MR) is 56.3 cm³/mol. The first-order chi connectivity index (χ1) is 4.57. The third-order valence-corrected chi connectivity index (χ3v) is 2.54. The van der Waals surface area contributed by atoms with Crippen molar-refractivity contribution in [2.75, 3.05) is 0 Å². The van der Waals surface area contributed by atoms with Crippen LogP contribution in [0.1, 0.15) is 20.8 Å². The summed E-state index contributed by atoms with van der Waals surface area (Å²) in [6, 6.07) is 0. The van der Waals surface area contributed by atoms with Gasteiger partial charge in [-0.3, -0.25) is 0 Å². The van der Waals surface area contributed by atoms with Crippen LogP contribution in [0.5, 0.6) is 0 Å². The highest BCUT2D eigenvalue weighted by Crippen LogP contribution is 2.15. The molecule has 10 heavy (non-hydrogen) atoms. The Labute approximate surface area is 76.9 Å². The van der Waals surface area contributed by atoms with E-state index < -0.39 is 0 Å². The van der Waals surface area contributed by atoms with Crippen LogP contribution in [0.2, 0.25) is 0 Å². The van der Waals surface area contributed by atoms with E-state index in [2.05, 4.69) is 56.0 Å². The average Bonchev–Trinajstić information content (AvgIpc) is 1.87. The smallest absolute Gasteiger partial charge is 0.0119 e. The molecule has 0 amide bonds. The topological polar surface area (TPSA) is 0 Å². The van der Waals surface area contributed by atoms with E-state index in [-0.39, 0.29) is 0 Å². The molecule has 1 heteroatoms. The van der Waals surface area contributed by atoms with Crippen LogP contribution < -0.4 is 0 Å². The highest BCUT2D eigenvalue weighted by molar-refractivity contribution is 14.1. The van der Waals surface area contributed by atoms with E-state index in [1.807, 2.05) is 6.08 Å². The summed E-state index contributed by atoms with van der Waals surface area (Å²) in [6.07, 6.45) is 3.99. The van der Waals surface area contributed by atoms with E-state index in [9.17, 15) is 0 Å². The molecule has 0 aromatic rings. The maximum Gasteiger partial charge on any atom is 0.0119 e. The van der Waals surface area contributed by atoms with E-state index in [1.165, 1.54) is 14.7 Å². The summed E-state index contributed by atoms with van der Waals surface area (Å²) in [7, 11) is 0. The minimum atomic E-state index is 1.21. The Kier molecular flexibility index (Phi) is 4.69. The fraction of sp³-hybridized carbons (Fsp3) is 0.333. The molecule has 0 atom stereocenters. The van der Waals surface area contributed by atoms with Gasteiger partial charge in [0.15, 0.2) is 0 Å². The zero-order valence-electron chi connectivity index (χ0n) is 6.74. The number of halogens is 1. The molecule has 0 aromatic heterocycles. The lowest BCUT2D eigenvalue weighted by Crippen LogP contribution is -1.71. The second-order valence-electron chi connectivity index (χ2n) is 2.44. The number of hydrogen-bond acceptors (Lipinski definition) is 0. The molecule has 0 nitrogen and oxygen atoms in total. The van der Waals surface area contributed by atoms with Crippen LogP contribution >= 0.6 is 22.6 Å². The van der Waals surface area contributed by atoms with Crippen LogP contribution in [-0.2, 0) is 0 Å². The molecule has 0 aromatic carbocycles. The van der Waals surface area contributed by atoms with Crippen molar-refractivity contribution in [3.8, 4) is 0 Å². The van der Waals surface area contributed by atoms with Gasteiger partial charge in [0.1, 0.15) is 0 Å². The molecule has 56 valence electrons. The third kappa shape index (κ3) is 3.88. The normalized spacial score (nSPS) is 11.0. The molecule has 0 saturated carbocycles. The number of hydrogen-bond donors (Lipinski definition) is 0. The Morgan fingerprint density at radius 1 is 1.30 bits per heavy atom. The van der Waals surface area contributed by atoms with Gasteiger partial charge in [-0.2, -0.15) is 0 Å². The van der Waals surface area contributed by atoms with Crippen LogP contribution in [0.15, 0.2) is 33.5 Å². The van der Waals surface area contributed by atoms with E-state index in [1.54, 1.807) is 0 Å². The standard InChI is InChI=1S/C9H13I/c1-5-8(4)6-9(10)7(2)3/h5-6H,1H2,2-4H3/b8-6-. The number of allylic oxidation sites excluding steroid dienone is 5. The molecule has 0 saturated heterocycles. The van der Waals surface area contributed by atoms with Crippen molar-refractivity contribution >= 4 is 22.6 Å². The van der Waals surface area contributed by atoms with Gasteiger partial charge in [0, 0.05) is 3.58 Å². The molecular formula is C9H13I. The largest absolute Gasteiger partial charge is 0.0988 e. The van der Waals surface area contributed by atoms with E-state index in [4.69, 9.17) is 0 Å². The van der Waals surface area contributed by atoms with E-state index in [0.29, 0.717) is 0 Å². The van der Waals surface area contributed by atoms with Crippen molar-refractivity contribution in [2.24, 2.45) is 0 Å². The van der Waals surface area contributed by atoms with Crippen molar-refractivity contribution in [1.82, 2.24) is 0 Å². The molecular weight excluding hydrogens is 235 g/mol. The minimum absolute atomic E-state index is 1.21. The van der Waals surface area contributed by atoms with E-state index in [0.717, 1.165) is 0 Å². The molecule has 0 aliphatic carbocycles. The second kappa shape index (κ2) is 4.72. The first kappa shape index (κ1) is 9.95. The molecule has 0 heterocycles. The van der Waals surface area contributed by atoms with Crippen LogP contribution in [0, 0.1) is 0 Å². The summed E-state index contributed by atoms with van der Waals surface area (Å²) in [5.74, 6) is 0. The van der Waals surface area contributed by atoms with Crippen LogP contribution in [0.4, 0.5) is 0 Å². The van der Waals surface area contributed by atoms with Crippen LogP contribution in [0.3, 0.4) is 0 Å². The molecule has 0 spiro atoms. The Hall–Kier alpha value is -0.0500. The summed E-state index contributed by atoms with van der Waals surface area (Å²) in [6.45, 7) is 9.94. The minimum Gasteiger partial charge on any atom is -0.0988 e. The van der Waals surface area contributed by atoms with Crippen LogP contribution in [-0.4, -0.2) is 0 Å². The van der Waals surface area contributed by atoms with Crippen molar-refractivity contribution in [3.63, 3.8) is 0 Å². The van der Waals surface area contributed by atoms with Crippen molar-refractivity contribution in [1.29, 1.82) is 0 Å². The molecule has 0 bridgehead atoms. The predicted octanol–water partition coefficient (Wildman–Crippen LogP) is 3.85. The summed E-state index contributed by atoms with van der Waals surface area (Å²) < 4.78 is 1.30. The van der Waals surface area contributed by atoms with Gasteiger partial charge >= 0.3 is 0 Å². The maximum absolute atomic E-state index is 3.68. The summed E-state index contributed by atoms with van der Waals surface area (Å²) in [4.78, 5) is 0. The Balaban J connectivity index is 4.42. The van der Waals surface area contributed by atoms with Crippen LogP contribution in [0.25, 0.3) is 0 Å². The quantitative estimate of drug-likeness (QED) is 0.514. The Bertz CT molecular complexity index is 181. The molecule has 0 rings (SSSR count). The zero-order chi connectivity index (χ0) is 8.15.